The highest BCUT2D eigenvalue weighted by Gasteiger charge is 2.31. The van der Waals surface area contributed by atoms with Gasteiger partial charge in [-0.2, -0.15) is 0 Å². The maximum atomic E-state index is 11.3. The summed E-state index contributed by atoms with van der Waals surface area (Å²) < 4.78 is 35.8. The van der Waals surface area contributed by atoms with Crippen LogP contribution in [-0.2, 0) is 19.5 Å². The summed E-state index contributed by atoms with van der Waals surface area (Å²) in [5, 5.41) is 0. The summed E-state index contributed by atoms with van der Waals surface area (Å²) in [6.45, 7) is 4.24. The molecular formula is C11H24N2O4S. The van der Waals surface area contributed by atoms with Crippen LogP contribution in [0.25, 0.3) is 0 Å². The first-order valence-corrected chi connectivity index (χ1v) is 7.90. The number of nitrogens with zero attached hydrogens (tertiary/aromatic N) is 1. The van der Waals surface area contributed by atoms with E-state index in [0.29, 0.717) is 25.7 Å². The Kier molecular flexibility index (Phi) is 6.51. The quantitative estimate of drug-likeness (QED) is 0.659. The Balaban J connectivity index is 2.39. The molecule has 0 aromatic rings. The highest BCUT2D eigenvalue weighted by Crippen LogP contribution is 2.19. The Morgan fingerprint density at radius 1 is 1.39 bits per heavy atom. The lowest BCUT2D eigenvalue weighted by molar-refractivity contribution is 0.108. The zero-order valence-corrected chi connectivity index (χ0v) is 12.2. The van der Waals surface area contributed by atoms with Crippen LogP contribution >= 0.6 is 0 Å². The van der Waals surface area contributed by atoms with Crippen LogP contribution in [0.5, 0.6) is 0 Å². The van der Waals surface area contributed by atoms with Crippen LogP contribution in [0, 0.1) is 0 Å². The fourth-order valence-electron chi connectivity index (χ4n) is 2.19. The van der Waals surface area contributed by atoms with E-state index in [1.54, 1.807) is 21.1 Å². The van der Waals surface area contributed by atoms with Crippen molar-refractivity contribution in [3.8, 4) is 0 Å². The second kappa shape index (κ2) is 7.40. The molecule has 0 radical (unpaired) electrons. The topological polar surface area (TPSA) is 67.9 Å². The maximum absolute atomic E-state index is 11.3. The van der Waals surface area contributed by atoms with Crippen molar-refractivity contribution in [2.45, 2.75) is 25.5 Å². The lowest BCUT2D eigenvalue weighted by Crippen LogP contribution is -2.40. The van der Waals surface area contributed by atoms with Gasteiger partial charge < -0.3 is 9.47 Å². The van der Waals surface area contributed by atoms with Gasteiger partial charge in [0.15, 0.2) is 0 Å². The second-order valence-corrected chi connectivity index (χ2v) is 6.59. The van der Waals surface area contributed by atoms with Gasteiger partial charge in [0.1, 0.15) is 0 Å². The van der Waals surface area contributed by atoms with E-state index in [-0.39, 0.29) is 11.9 Å². The van der Waals surface area contributed by atoms with Gasteiger partial charge in [-0.25, -0.2) is 13.1 Å². The molecule has 1 saturated heterocycles. The summed E-state index contributed by atoms with van der Waals surface area (Å²) in [6.07, 6.45) is 1.15. The molecule has 18 heavy (non-hydrogen) atoms. The molecule has 1 aliphatic heterocycles. The van der Waals surface area contributed by atoms with Gasteiger partial charge >= 0.3 is 0 Å². The average Bonchev–Trinajstić information content (AvgIpc) is 2.72. The third-order valence-corrected chi connectivity index (χ3v) is 4.69. The van der Waals surface area contributed by atoms with Gasteiger partial charge in [-0.3, -0.25) is 4.90 Å². The van der Waals surface area contributed by atoms with Gasteiger partial charge in [0, 0.05) is 39.9 Å². The number of nitrogens with one attached hydrogen (secondary N) is 1. The molecule has 1 rings (SSSR count). The highest BCUT2D eigenvalue weighted by molar-refractivity contribution is 7.89. The predicted molar refractivity (Wildman–Crippen MR) is 70.1 cm³/mol. The van der Waals surface area contributed by atoms with E-state index in [9.17, 15) is 8.42 Å². The van der Waals surface area contributed by atoms with E-state index in [2.05, 4.69) is 9.62 Å². The largest absolute Gasteiger partial charge is 0.383 e. The molecule has 0 aromatic carbocycles. The molecule has 6 nitrogen and oxygen atoms in total. The number of hydrogen-bond donors (Lipinski definition) is 1. The summed E-state index contributed by atoms with van der Waals surface area (Å²) in [6, 6.07) is 0.311. The van der Waals surface area contributed by atoms with E-state index in [0.717, 1.165) is 13.0 Å². The Labute approximate surface area is 110 Å². The SMILES string of the molecule is CCS(=O)(=O)NCCN1C[C@@H](OC)C[C@H]1COC. The molecule has 1 aliphatic rings. The first-order chi connectivity index (χ1) is 8.52. The van der Waals surface area contributed by atoms with Crippen molar-refractivity contribution in [2.75, 3.05) is 46.2 Å². The Bertz CT molecular complexity index is 334. The number of methoxy groups -OCH3 is 2. The summed E-state index contributed by atoms with van der Waals surface area (Å²) in [7, 11) is 0.286. The van der Waals surface area contributed by atoms with Gasteiger partial charge in [0.05, 0.1) is 18.5 Å². The molecule has 2 atom stereocenters. The number of hydrogen-bond acceptors (Lipinski definition) is 5. The summed E-state index contributed by atoms with van der Waals surface area (Å²) in [4.78, 5) is 2.22. The second-order valence-electron chi connectivity index (χ2n) is 4.50. The molecular weight excluding hydrogens is 256 g/mol. The third kappa shape index (κ3) is 4.81. The molecule has 108 valence electrons. The molecule has 1 N–H and O–H groups in total. The molecule has 7 heteroatoms. The number of ether oxygens (including phenoxy) is 2. The van der Waals surface area contributed by atoms with Gasteiger partial charge in [0.25, 0.3) is 0 Å². The lowest BCUT2D eigenvalue weighted by atomic mass is 10.2. The summed E-state index contributed by atoms with van der Waals surface area (Å²) in [5.74, 6) is 0.120. The minimum atomic E-state index is -3.10. The van der Waals surface area contributed by atoms with Gasteiger partial charge in [0.2, 0.25) is 10.0 Å². The van der Waals surface area contributed by atoms with Crippen LogP contribution in [0.1, 0.15) is 13.3 Å². The lowest BCUT2D eigenvalue weighted by Gasteiger charge is -2.23. The molecule has 0 aromatic heterocycles. The van der Waals surface area contributed by atoms with Crippen molar-refractivity contribution >= 4 is 10.0 Å². The molecule has 0 bridgehead atoms. The van der Waals surface area contributed by atoms with Crippen LogP contribution in [-0.4, -0.2) is 71.7 Å². The van der Waals surface area contributed by atoms with Crippen molar-refractivity contribution in [3.63, 3.8) is 0 Å². The van der Waals surface area contributed by atoms with E-state index < -0.39 is 10.0 Å². The van der Waals surface area contributed by atoms with Crippen molar-refractivity contribution in [1.29, 1.82) is 0 Å². The molecule has 0 unspecified atom stereocenters. The first-order valence-electron chi connectivity index (χ1n) is 6.25. The molecule has 0 spiro atoms. The molecule has 0 aliphatic carbocycles. The Morgan fingerprint density at radius 2 is 2.11 bits per heavy atom. The standard InChI is InChI=1S/C11H24N2O4S/c1-4-18(14,15)12-5-6-13-8-11(17-3)7-10(13)9-16-2/h10-12H,4-9H2,1-3H3/t10-,11-/m0/s1. The average molecular weight is 280 g/mol. The fourth-order valence-corrected chi connectivity index (χ4v) is 2.80. The minimum absolute atomic E-state index is 0.120. The first kappa shape index (κ1) is 15.8. The number of likely N-dealkylation sites (tertiary alicyclic amines) is 1. The predicted octanol–water partition coefficient (Wildman–Crippen LogP) is -0.339. The van der Waals surface area contributed by atoms with Gasteiger partial charge in [-0.1, -0.05) is 0 Å². The van der Waals surface area contributed by atoms with Crippen LogP contribution < -0.4 is 4.72 Å². The van der Waals surface area contributed by atoms with E-state index in [4.69, 9.17) is 9.47 Å². The monoisotopic (exact) mass is 280 g/mol. The van der Waals surface area contributed by atoms with Crippen LogP contribution in [0.4, 0.5) is 0 Å². The fraction of sp³-hybridized carbons (Fsp3) is 1.00. The van der Waals surface area contributed by atoms with E-state index >= 15 is 0 Å². The Hall–Kier alpha value is -0.210. The number of rotatable bonds is 8. The van der Waals surface area contributed by atoms with Crippen LogP contribution in [0.3, 0.4) is 0 Å². The summed E-state index contributed by atoms with van der Waals surface area (Å²) >= 11 is 0. The third-order valence-electron chi connectivity index (χ3n) is 3.28. The maximum Gasteiger partial charge on any atom is 0.211 e. The molecule has 1 heterocycles. The zero-order valence-electron chi connectivity index (χ0n) is 11.4. The van der Waals surface area contributed by atoms with Gasteiger partial charge in [-0.15, -0.1) is 0 Å². The summed E-state index contributed by atoms with van der Waals surface area (Å²) in [5.41, 5.74) is 0. The minimum Gasteiger partial charge on any atom is -0.383 e. The smallest absolute Gasteiger partial charge is 0.211 e. The molecule has 1 fully saturated rings. The van der Waals surface area contributed by atoms with E-state index in [1.807, 2.05) is 0 Å². The van der Waals surface area contributed by atoms with Crippen LogP contribution in [0.15, 0.2) is 0 Å². The molecule has 0 amide bonds. The van der Waals surface area contributed by atoms with Crippen molar-refractivity contribution in [3.05, 3.63) is 0 Å². The zero-order chi connectivity index (χ0) is 13.6. The highest BCUT2D eigenvalue weighted by atomic mass is 32.2. The van der Waals surface area contributed by atoms with Crippen molar-refractivity contribution < 1.29 is 17.9 Å². The number of sulfonamides is 1. The van der Waals surface area contributed by atoms with Crippen molar-refractivity contribution in [1.82, 2.24) is 9.62 Å². The van der Waals surface area contributed by atoms with Crippen molar-refractivity contribution in [2.24, 2.45) is 0 Å². The van der Waals surface area contributed by atoms with Crippen LogP contribution in [0.2, 0.25) is 0 Å². The van der Waals surface area contributed by atoms with Gasteiger partial charge in [-0.05, 0) is 13.3 Å². The Morgan fingerprint density at radius 3 is 2.67 bits per heavy atom. The van der Waals surface area contributed by atoms with E-state index in [1.165, 1.54) is 0 Å². The normalized spacial score (nSPS) is 25.7. The molecule has 0 saturated carbocycles.